The van der Waals surface area contributed by atoms with E-state index in [1.807, 2.05) is 7.05 Å². The smallest absolute Gasteiger partial charge is 0.252 e. The Morgan fingerprint density at radius 3 is 3.06 bits per heavy atom. The van der Waals surface area contributed by atoms with Crippen molar-refractivity contribution < 1.29 is 9.90 Å². The van der Waals surface area contributed by atoms with Crippen LogP contribution in [0.1, 0.15) is 22.2 Å². The van der Waals surface area contributed by atoms with Crippen molar-refractivity contribution in [1.29, 1.82) is 0 Å². The lowest BCUT2D eigenvalue weighted by molar-refractivity contribution is 0.0950. The zero-order chi connectivity index (χ0) is 13.4. The van der Waals surface area contributed by atoms with E-state index >= 15 is 0 Å². The normalized spacial score (nSPS) is 10.0. The Labute approximate surface area is 112 Å². The molecule has 0 fully saturated rings. The zero-order valence-electron chi connectivity index (χ0n) is 10.7. The Morgan fingerprint density at radius 1 is 1.61 bits per heavy atom. The highest BCUT2D eigenvalue weighted by Gasteiger charge is 2.07. The highest BCUT2D eigenvalue weighted by atomic mass is 32.1. The van der Waals surface area contributed by atoms with E-state index in [4.69, 9.17) is 5.11 Å². The minimum absolute atomic E-state index is 0.0761. The fraction of sp³-hybridized carbons (Fsp3) is 0.462. The molecule has 0 atom stereocenters. The van der Waals surface area contributed by atoms with Gasteiger partial charge in [0.1, 0.15) is 6.61 Å². The molecule has 0 saturated heterocycles. The largest absolute Gasteiger partial charge is 0.384 e. The first-order valence-corrected chi connectivity index (χ1v) is 6.70. The van der Waals surface area contributed by atoms with Gasteiger partial charge in [0.05, 0.1) is 10.4 Å². The predicted octanol–water partition coefficient (Wildman–Crippen LogP) is 0.773. The van der Waals surface area contributed by atoms with Crippen LogP contribution in [0.3, 0.4) is 0 Å². The molecule has 4 nitrogen and oxygen atoms in total. The van der Waals surface area contributed by atoms with Crippen LogP contribution in [-0.2, 0) is 0 Å². The van der Waals surface area contributed by atoms with Crippen LogP contribution < -0.4 is 5.32 Å². The van der Waals surface area contributed by atoms with E-state index in [2.05, 4.69) is 29.0 Å². The first-order valence-electron chi connectivity index (χ1n) is 5.82. The summed E-state index contributed by atoms with van der Waals surface area (Å²) >= 11 is 1.41. The molecule has 0 aromatic carbocycles. The summed E-state index contributed by atoms with van der Waals surface area (Å²) in [4.78, 5) is 14.7. The Morgan fingerprint density at radius 2 is 2.39 bits per heavy atom. The highest BCUT2D eigenvalue weighted by molar-refractivity contribution is 7.10. The molecule has 0 aliphatic carbocycles. The van der Waals surface area contributed by atoms with Crippen molar-refractivity contribution in [3.8, 4) is 11.8 Å². The van der Waals surface area contributed by atoms with Crippen molar-refractivity contribution in [3.63, 3.8) is 0 Å². The first-order chi connectivity index (χ1) is 8.67. The van der Waals surface area contributed by atoms with Gasteiger partial charge >= 0.3 is 0 Å². The number of amides is 1. The van der Waals surface area contributed by atoms with Gasteiger partial charge in [-0.25, -0.2) is 0 Å². The molecule has 0 radical (unpaired) electrons. The molecule has 5 heteroatoms. The van der Waals surface area contributed by atoms with Crippen LogP contribution >= 0.6 is 11.3 Å². The monoisotopic (exact) mass is 266 g/mol. The molecular weight excluding hydrogens is 248 g/mol. The maximum Gasteiger partial charge on any atom is 0.252 e. The van der Waals surface area contributed by atoms with Gasteiger partial charge in [-0.1, -0.05) is 18.8 Å². The average Bonchev–Trinajstić information content (AvgIpc) is 2.84. The minimum atomic E-state index is -0.164. The SMILES string of the molecule is CCN(C)CCNC(=O)c1csc(C#CCO)c1. The summed E-state index contributed by atoms with van der Waals surface area (Å²) in [7, 11) is 2.01. The lowest BCUT2D eigenvalue weighted by Gasteiger charge is -2.13. The van der Waals surface area contributed by atoms with Crippen molar-refractivity contribution in [2.75, 3.05) is 33.3 Å². The van der Waals surface area contributed by atoms with E-state index in [1.165, 1.54) is 11.3 Å². The van der Waals surface area contributed by atoms with Gasteiger partial charge in [-0.3, -0.25) is 4.79 Å². The van der Waals surface area contributed by atoms with Gasteiger partial charge < -0.3 is 15.3 Å². The predicted molar refractivity (Wildman–Crippen MR) is 73.8 cm³/mol. The van der Waals surface area contributed by atoms with E-state index in [-0.39, 0.29) is 12.5 Å². The number of likely N-dealkylation sites (N-methyl/N-ethyl adjacent to an activating group) is 1. The van der Waals surface area contributed by atoms with Crippen molar-refractivity contribution in [2.45, 2.75) is 6.92 Å². The maximum absolute atomic E-state index is 11.8. The molecular formula is C13H18N2O2S. The van der Waals surface area contributed by atoms with Crippen molar-refractivity contribution in [1.82, 2.24) is 10.2 Å². The van der Waals surface area contributed by atoms with Gasteiger partial charge in [-0.2, -0.15) is 0 Å². The van der Waals surface area contributed by atoms with E-state index in [0.717, 1.165) is 18.0 Å². The molecule has 1 amide bonds. The number of nitrogens with zero attached hydrogens (tertiary/aromatic N) is 1. The van der Waals surface area contributed by atoms with Gasteiger partial charge in [0.15, 0.2) is 0 Å². The summed E-state index contributed by atoms with van der Waals surface area (Å²) in [5.74, 6) is 5.27. The van der Waals surface area contributed by atoms with Crippen LogP contribution in [0.2, 0.25) is 0 Å². The number of carbonyl (C=O) groups is 1. The fourth-order valence-corrected chi connectivity index (χ4v) is 2.02. The van der Waals surface area contributed by atoms with Crippen molar-refractivity contribution >= 4 is 17.2 Å². The molecule has 1 aromatic heterocycles. The van der Waals surface area contributed by atoms with Gasteiger partial charge in [0.2, 0.25) is 0 Å². The van der Waals surface area contributed by atoms with Crippen LogP contribution in [0, 0.1) is 11.8 Å². The number of hydrogen-bond acceptors (Lipinski definition) is 4. The number of nitrogens with one attached hydrogen (secondary N) is 1. The summed E-state index contributed by atoms with van der Waals surface area (Å²) in [6.45, 7) is 4.35. The summed E-state index contributed by atoms with van der Waals surface area (Å²) < 4.78 is 0. The standard InChI is InChI=1S/C13H18N2O2S/c1-3-15(2)7-6-14-13(17)11-9-12(18-10-11)5-4-8-16/h9-10,16H,3,6-8H2,1-2H3,(H,14,17). The summed E-state index contributed by atoms with van der Waals surface area (Å²) in [5, 5.41) is 13.2. The lowest BCUT2D eigenvalue weighted by Crippen LogP contribution is -2.32. The molecule has 0 aliphatic rings. The molecule has 0 saturated carbocycles. The molecule has 0 aliphatic heterocycles. The minimum Gasteiger partial charge on any atom is -0.384 e. The summed E-state index contributed by atoms with van der Waals surface area (Å²) in [6.07, 6.45) is 0. The van der Waals surface area contributed by atoms with Crippen molar-refractivity contribution in [3.05, 3.63) is 21.9 Å². The van der Waals surface area contributed by atoms with Crippen LogP contribution in [0.15, 0.2) is 11.4 Å². The third kappa shape index (κ3) is 4.88. The molecule has 98 valence electrons. The fourth-order valence-electron chi connectivity index (χ4n) is 1.27. The van der Waals surface area contributed by atoms with Crippen LogP contribution in [0.5, 0.6) is 0 Å². The van der Waals surface area contributed by atoms with Gasteiger partial charge in [-0.15, -0.1) is 11.3 Å². The number of carbonyl (C=O) groups excluding carboxylic acids is 1. The highest BCUT2D eigenvalue weighted by Crippen LogP contribution is 2.13. The molecule has 2 N–H and O–H groups in total. The molecule has 0 unspecified atom stereocenters. The third-order valence-corrected chi connectivity index (χ3v) is 3.32. The van der Waals surface area contributed by atoms with Crippen LogP contribution in [0.4, 0.5) is 0 Å². The van der Waals surface area contributed by atoms with Crippen molar-refractivity contribution in [2.24, 2.45) is 0 Å². The van der Waals surface area contributed by atoms with Gasteiger partial charge in [-0.05, 0) is 19.7 Å². The van der Waals surface area contributed by atoms with E-state index in [9.17, 15) is 4.79 Å². The number of rotatable bonds is 5. The molecule has 1 heterocycles. The Hall–Kier alpha value is -1.35. The Kier molecular flexibility index (Phi) is 6.44. The second kappa shape index (κ2) is 7.88. The van der Waals surface area contributed by atoms with Gasteiger partial charge in [0, 0.05) is 18.5 Å². The Balaban J connectivity index is 2.44. The second-order valence-electron chi connectivity index (χ2n) is 3.81. The summed E-state index contributed by atoms with van der Waals surface area (Å²) in [5.41, 5.74) is 0.626. The van der Waals surface area contributed by atoms with E-state index in [0.29, 0.717) is 12.1 Å². The average molecular weight is 266 g/mol. The van der Waals surface area contributed by atoms with E-state index in [1.54, 1.807) is 11.4 Å². The molecule has 1 aromatic rings. The maximum atomic E-state index is 11.8. The molecule has 18 heavy (non-hydrogen) atoms. The molecule has 0 spiro atoms. The van der Waals surface area contributed by atoms with E-state index < -0.39 is 0 Å². The van der Waals surface area contributed by atoms with Crippen LogP contribution in [0.25, 0.3) is 0 Å². The number of thiophene rings is 1. The molecule has 1 rings (SSSR count). The lowest BCUT2D eigenvalue weighted by atomic mass is 10.3. The quantitative estimate of drug-likeness (QED) is 0.774. The topological polar surface area (TPSA) is 52.6 Å². The summed E-state index contributed by atoms with van der Waals surface area (Å²) in [6, 6.07) is 1.74. The number of aliphatic hydroxyl groups excluding tert-OH is 1. The Bertz CT molecular complexity index is 445. The zero-order valence-corrected chi connectivity index (χ0v) is 11.5. The second-order valence-corrected chi connectivity index (χ2v) is 4.72. The molecule has 0 bridgehead atoms. The third-order valence-electron chi connectivity index (χ3n) is 2.47. The van der Waals surface area contributed by atoms with Crippen LogP contribution in [-0.4, -0.2) is 49.2 Å². The van der Waals surface area contributed by atoms with Gasteiger partial charge in [0.25, 0.3) is 5.91 Å². The first kappa shape index (κ1) is 14.7. The number of hydrogen-bond donors (Lipinski definition) is 2. The number of aliphatic hydroxyl groups is 1.